The summed E-state index contributed by atoms with van der Waals surface area (Å²) in [6.07, 6.45) is 1.62. The van der Waals surface area contributed by atoms with Crippen LogP contribution in [0.1, 0.15) is 5.56 Å². The quantitative estimate of drug-likeness (QED) is 0.535. The molecule has 0 spiro atoms. The SMILES string of the molecule is O=c1ccc2c(Nc3ccc(CNS(=O)O)cc3)ccnc2[nH]1. The van der Waals surface area contributed by atoms with Crippen molar-refractivity contribution in [1.82, 2.24) is 14.7 Å². The van der Waals surface area contributed by atoms with Gasteiger partial charge >= 0.3 is 0 Å². The van der Waals surface area contributed by atoms with Crippen LogP contribution in [0.4, 0.5) is 11.4 Å². The van der Waals surface area contributed by atoms with E-state index in [9.17, 15) is 9.00 Å². The Bertz CT molecular complexity index is 908. The number of hydrogen-bond acceptors (Lipinski definition) is 4. The van der Waals surface area contributed by atoms with Crippen LogP contribution in [0.3, 0.4) is 0 Å². The molecule has 1 aromatic carbocycles. The van der Waals surface area contributed by atoms with Gasteiger partial charge in [-0.3, -0.25) is 9.35 Å². The van der Waals surface area contributed by atoms with E-state index in [2.05, 4.69) is 20.0 Å². The molecule has 0 radical (unpaired) electrons. The van der Waals surface area contributed by atoms with Crippen LogP contribution in [-0.2, 0) is 17.8 Å². The average molecular weight is 330 g/mol. The lowest BCUT2D eigenvalue weighted by Gasteiger charge is -2.10. The Hall–Kier alpha value is -2.55. The normalized spacial score (nSPS) is 12.2. The molecule has 2 heterocycles. The first-order valence-corrected chi connectivity index (χ1v) is 7.91. The lowest BCUT2D eigenvalue weighted by molar-refractivity contribution is 0.548. The lowest BCUT2D eigenvalue weighted by atomic mass is 10.2. The number of aromatic nitrogens is 2. The largest absolute Gasteiger partial charge is 0.355 e. The van der Waals surface area contributed by atoms with Gasteiger partial charge in [0.2, 0.25) is 16.8 Å². The monoisotopic (exact) mass is 330 g/mol. The molecule has 0 saturated heterocycles. The first-order valence-electron chi connectivity index (χ1n) is 6.80. The molecule has 118 valence electrons. The summed E-state index contributed by atoms with van der Waals surface area (Å²) in [6.45, 7) is 0.308. The van der Waals surface area contributed by atoms with Gasteiger partial charge in [0.1, 0.15) is 5.65 Å². The third-order valence-electron chi connectivity index (χ3n) is 3.27. The number of fused-ring (bicyclic) bond motifs is 1. The molecule has 0 fully saturated rings. The smallest absolute Gasteiger partial charge is 0.249 e. The Morgan fingerprint density at radius 2 is 1.91 bits per heavy atom. The van der Waals surface area contributed by atoms with Crippen molar-refractivity contribution in [3.8, 4) is 0 Å². The zero-order valence-electron chi connectivity index (χ0n) is 11.9. The third kappa shape index (κ3) is 3.81. The van der Waals surface area contributed by atoms with E-state index in [0.717, 1.165) is 22.3 Å². The fraction of sp³-hybridized carbons (Fsp3) is 0.0667. The number of H-pyrrole nitrogens is 1. The number of anilines is 2. The predicted molar refractivity (Wildman–Crippen MR) is 89.7 cm³/mol. The molecule has 1 atom stereocenters. The van der Waals surface area contributed by atoms with Gasteiger partial charge in [-0.1, -0.05) is 12.1 Å². The van der Waals surface area contributed by atoms with E-state index in [1.165, 1.54) is 6.07 Å². The molecule has 23 heavy (non-hydrogen) atoms. The third-order valence-corrected chi connectivity index (χ3v) is 3.66. The maximum atomic E-state index is 11.3. The van der Waals surface area contributed by atoms with Gasteiger partial charge < -0.3 is 10.3 Å². The minimum Gasteiger partial charge on any atom is -0.355 e. The number of rotatable bonds is 5. The number of hydrogen-bond donors (Lipinski definition) is 4. The summed E-state index contributed by atoms with van der Waals surface area (Å²) < 4.78 is 21.7. The fourth-order valence-corrected chi connectivity index (χ4v) is 2.46. The first-order chi connectivity index (χ1) is 11.1. The zero-order valence-corrected chi connectivity index (χ0v) is 12.8. The minimum absolute atomic E-state index is 0.194. The van der Waals surface area contributed by atoms with Crippen molar-refractivity contribution in [2.45, 2.75) is 6.54 Å². The molecule has 0 aliphatic heterocycles. The van der Waals surface area contributed by atoms with E-state index in [-0.39, 0.29) is 5.56 Å². The van der Waals surface area contributed by atoms with E-state index >= 15 is 0 Å². The molecule has 0 aliphatic carbocycles. The fourth-order valence-electron chi connectivity index (χ4n) is 2.17. The standard InChI is InChI=1S/C15H14N4O3S/c20-14-6-5-12-13(7-8-16-15(12)19-14)18-11-3-1-10(2-4-11)9-17-23(21)22/h1-8,17H,9H2,(H,21,22)(H2,16,18,19,20). The highest BCUT2D eigenvalue weighted by molar-refractivity contribution is 7.77. The molecule has 0 aliphatic rings. The summed E-state index contributed by atoms with van der Waals surface area (Å²) in [5.74, 6) is 0. The van der Waals surface area contributed by atoms with Crippen molar-refractivity contribution >= 4 is 33.7 Å². The van der Waals surface area contributed by atoms with Crippen molar-refractivity contribution in [2.24, 2.45) is 0 Å². The number of pyridine rings is 2. The highest BCUT2D eigenvalue weighted by Gasteiger charge is 2.03. The highest BCUT2D eigenvalue weighted by Crippen LogP contribution is 2.23. The van der Waals surface area contributed by atoms with E-state index in [4.69, 9.17) is 4.55 Å². The van der Waals surface area contributed by atoms with Crippen LogP contribution < -0.4 is 15.6 Å². The van der Waals surface area contributed by atoms with Crippen LogP contribution in [0.5, 0.6) is 0 Å². The molecule has 3 aromatic rings. The molecular formula is C15H14N4O3S. The van der Waals surface area contributed by atoms with E-state index < -0.39 is 11.3 Å². The maximum Gasteiger partial charge on any atom is 0.249 e. The second-order valence-corrected chi connectivity index (χ2v) is 5.62. The summed E-state index contributed by atoms with van der Waals surface area (Å²) in [4.78, 5) is 18.2. The molecule has 0 bridgehead atoms. The molecule has 8 heteroatoms. The van der Waals surface area contributed by atoms with Gasteiger partial charge in [0.05, 0.1) is 5.69 Å². The first kappa shape index (κ1) is 15.3. The van der Waals surface area contributed by atoms with Crippen molar-refractivity contribution in [2.75, 3.05) is 5.32 Å². The Morgan fingerprint density at radius 3 is 2.65 bits per heavy atom. The maximum absolute atomic E-state index is 11.3. The number of aromatic amines is 1. The van der Waals surface area contributed by atoms with Crippen molar-refractivity contribution < 1.29 is 8.76 Å². The van der Waals surface area contributed by atoms with Crippen LogP contribution in [0.2, 0.25) is 0 Å². The summed E-state index contributed by atoms with van der Waals surface area (Å²) in [5, 5.41) is 4.08. The predicted octanol–water partition coefficient (Wildman–Crippen LogP) is 1.89. The molecule has 3 rings (SSSR count). The Morgan fingerprint density at radius 1 is 1.13 bits per heavy atom. The topological polar surface area (TPSA) is 107 Å². The number of benzene rings is 1. The van der Waals surface area contributed by atoms with Gasteiger partial charge in [-0.05, 0) is 29.8 Å². The molecule has 7 nitrogen and oxygen atoms in total. The second kappa shape index (κ2) is 6.69. The minimum atomic E-state index is -2.02. The van der Waals surface area contributed by atoms with Crippen molar-refractivity contribution in [1.29, 1.82) is 0 Å². The molecule has 0 amide bonds. The number of nitrogens with one attached hydrogen (secondary N) is 3. The van der Waals surface area contributed by atoms with Crippen LogP contribution in [0.25, 0.3) is 11.0 Å². The molecule has 4 N–H and O–H groups in total. The van der Waals surface area contributed by atoms with Gasteiger partial charge in [-0.25, -0.2) is 13.9 Å². The Kier molecular flexibility index (Phi) is 4.47. The van der Waals surface area contributed by atoms with Crippen molar-refractivity contribution in [3.63, 3.8) is 0 Å². The Labute approximate surface area is 134 Å². The van der Waals surface area contributed by atoms with Gasteiger partial charge in [-0.2, -0.15) is 0 Å². The summed E-state index contributed by atoms with van der Waals surface area (Å²) in [5.41, 5.74) is 2.90. The van der Waals surface area contributed by atoms with E-state index in [0.29, 0.717) is 12.2 Å². The summed E-state index contributed by atoms with van der Waals surface area (Å²) in [7, 11) is 0. The van der Waals surface area contributed by atoms with Crippen LogP contribution in [0.15, 0.2) is 53.5 Å². The van der Waals surface area contributed by atoms with Crippen LogP contribution in [-0.4, -0.2) is 18.7 Å². The number of nitrogens with zero attached hydrogens (tertiary/aromatic N) is 1. The average Bonchev–Trinajstić information content (AvgIpc) is 2.54. The molecular weight excluding hydrogens is 316 g/mol. The zero-order chi connectivity index (χ0) is 16.2. The summed E-state index contributed by atoms with van der Waals surface area (Å²) >= 11 is -2.02. The van der Waals surface area contributed by atoms with Crippen LogP contribution >= 0.6 is 0 Å². The van der Waals surface area contributed by atoms with E-state index in [1.54, 1.807) is 12.3 Å². The molecule has 0 saturated carbocycles. The highest BCUT2D eigenvalue weighted by atomic mass is 32.2. The van der Waals surface area contributed by atoms with Gasteiger partial charge in [0.25, 0.3) is 0 Å². The van der Waals surface area contributed by atoms with E-state index in [1.807, 2.05) is 30.3 Å². The van der Waals surface area contributed by atoms with Crippen molar-refractivity contribution in [3.05, 3.63) is 64.6 Å². The molecule has 1 unspecified atom stereocenters. The van der Waals surface area contributed by atoms with Crippen LogP contribution in [0, 0.1) is 0 Å². The molecule has 2 aromatic heterocycles. The van der Waals surface area contributed by atoms with Gasteiger partial charge in [0, 0.05) is 29.9 Å². The lowest BCUT2D eigenvalue weighted by Crippen LogP contribution is -2.15. The Balaban J connectivity index is 1.82. The van der Waals surface area contributed by atoms with Gasteiger partial charge in [-0.15, -0.1) is 0 Å². The second-order valence-electron chi connectivity index (χ2n) is 4.84. The summed E-state index contributed by atoms with van der Waals surface area (Å²) in [6, 6.07) is 12.5. The van der Waals surface area contributed by atoms with Gasteiger partial charge in [0.15, 0.2) is 0 Å².